The summed E-state index contributed by atoms with van der Waals surface area (Å²) in [6, 6.07) is 2.22. The minimum atomic E-state index is 0.531. The van der Waals surface area contributed by atoms with Gasteiger partial charge in [0.1, 0.15) is 0 Å². The van der Waals surface area contributed by atoms with Gasteiger partial charge in [0.05, 0.1) is 10.4 Å². The highest BCUT2D eigenvalue weighted by atomic mass is 32.1. The molecule has 0 spiro atoms. The molecule has 0 radical (unpaired) electrons. The Morgan fingerprint density at radius 2 is 2.27 bits per heavy atom. The van der Waals surface area contributed by atoms with Gasteiger partial charge in [-0.25, -0.2) is 0 Å². The van der Waals surface area contributed by atoms with Crippen LogP contribution in [0.15, 0.2) is 22.2 Å². The van der Waals surface area contributed by atoms with Crippen molar-refractivity contribution in [2.24, 2.45) is 5.92 Å². The van der Waals surface area contributed by atoms with Crippen LogP contribution in [-0.4, -0.2) is 15.2 Å². The zero-order chi connectivity index (χ0) is 14.9. The monoisotopic (exact) mass is 329 g/mol. The summed E-state index contributed by atoms with van der Waals surface area (Å²) in [5, 5.41) is 8.28. The number of thiazole rings is 1. The molecule has 3 aromatic heterocycles. The van der Waals surface area contributed by atoms with E-state index in [1.807, 2.05) is 18.3 Å². The number of hydrogen-bond donors (Lipinski definition) is 0. The molecule has 1 aliphatic rings. The molecule has 1 unspecified atom stereocenters. The Kier molecular flexibility index (Phi) is 3.63. The quantitative estimate of drug-likeness (QED) is 0.707. The number of aromatic nitrogens is 3. The van der Waals surface area contributed by atoms with Crippen molar-refractivity contribution in [1.82, 2.24) is 15.2 Å². The van der Waals surface area contributed by atoms with E-state index in [4.69, 9.17) is 4.42 Å². The summed E-state index contributed by atoms with van der Waals surface area (Å²) in [6.07, 6.45) is 9.20. The summed E-state index contributed by atoms with van der Waals surface area (Å²) in [5.74, 6) is 1.93. The van der Waals surface area contributed by atoms with Crippen molar-refractivity contribution in [1.29, 1.82) is 0 Å². The Labute approximate surface area is 136 Å². The fourth-order valence-corrected chi connectivity index (χ4v) is 4.32. The topological polar surface area (TPSA) is 51.8 Å². The first-order valence-electron chi connectivity index (χ1n) is 7.30. The van der Waals surface area contributed by atoms with Crippen LogP contribution < -0.4 is 0 Å². The predicted octanol–water partition coefficient (Wildman–Crippen LogP) is 4.55. The molecule has 0 N–H and O–H groups in total. The van der Waals surface area contributed by atoms with E-state index in [1.165, 1.54) is 23.3 Å². The molecule has 0 amide bonds. The van der Waals surface area contributed by atoms with Crippen LogP contribution in [0.2, 0.25) is 0 Å². The van der Waals surface area contributed by atoms with Crippen LogP contribution in [-0.2, 0) is 12.8 Å². The Morgan fingerprint density at radius 3 is 3.14 bits per heavy atom. The van der Waals surface area contributed by atoms with Crippen LogP contribution in [0.4, 0.5) is 0 Å². The van der Waals surface area contributed by atoms with Gasteiger partial charge in [-0.2, -0.15) is 0 Å². The van der Waals surface area contributed by atoms with Crippen LogP contribution in [0.3, 0.4) is 0 Å². The van der Waals surface area contributed by atoms with E-state index in [1.54, 1.807) is 28.2 Å². The maximum atomic E-state index is 5.76. The summed E-state index contributed by atoms with van der Waals surface area (Å²) < 4.78 is 5.76. The van der Waals surface area contributed by atoms with Crippen LogP contribution >= 0.6 is 22.7 Å². The number of fused-ring (bicyclic) bond motifs is 1. The summed E-state index contributed by atoms with van der Waals surface area (Å²) >= 11 is 3.37. The molecular formula is C16H15N3OS2. The van der Waals surface area contributed by atoms with E-state index in [0.29, 0.717) is 11.8 Å². The molecule has 4 nitrogen and oxygen atoms in total. The first kappa shape index (κ1) is 13.8. The lowest BCUT2D eigenvalue weighted by Crippen LogP contribution is -2.07. The van der Waals surface area contributed by atoms with E-state index in [-0.39, 0.29) is 0 Å². The van der Waals surface area contributed by atoms with E-state index in [2.05, 4.69) is 28.2 Å². The van der Waals surface area contributed by atoms with Gasteiger partial charge >= 0.3 is 0 Å². The summed E-state index contributed by atoms with van der Waals surface area (Å²) in [6.45, 7) is 2.31. The Balaban J connectivity index is 1.57. The highest BCUT2D eigenvalue weighted by Gasteiger charge is 2.20. The third kappa shape index (κ3) is 2.76. The fraction of sp³-hybridized carbons (Fsp3) is 0.312. The van der Waals surface area contributed by atoms with Gasteiger partial charge in [0, 0.05) is 22.0 Å². The molecule has 0 saturated heterocycles. The zero-order valence-electron chi connectivity index (χ0n) is 12.2. The van der Waals surface area contributed by atoms with Gasteiger partial charge in [-0.15, -0.1) is 32.9 Å². The van der Waals surface area contributed by atoms with Crippen molar-refractivity contribution in [3.8, 4) is 10.8 Å². The highest BCUT2D eigenvalue weighted by molar-refractivity contribution is 7.15. The molecular weight excluding hydrogens is 314 g/mol. The average molecular weight is 329 g/mol. The Bertz CT molecular complexity index is 801. The maximum absolute atomic E-state index is 5.76. The predicted molar refractivity (Wildman–Crippen MR) is 89.8 cm³/mol. The first-order chi connectivity index (χ1) is 10.8. The van der Waals surface area contributed by atoms with E-state index in [0.717, 1.165) is 22.1 Å². The molecule has 0 bridgehead atoms. The summed E-state index contributed by atoms with van der Waals surface area (Å²) in [4.78, 5) is 7.67. The van der Waals surface area contributed by atoms with Crippen LogP contribution in [0.1, 0.15) is 34.6 Å². The number of thiophene rings is 1. The van der Waals surface area contributed by atoms with E-state index < -0.39 is 0 Å². The average Bonchev–Trinajstić information content (AvgIpc) is 3.24. The highest BCUT2D eigenvalue weighted by Crippen LogP contribution is 2.36. The van der Waals surface area contributed by atoms with Crippen molar-refractivity contribution >= 4 is 34.8 Å². The van der Waals surface area contributed by atoms with Crippen molar-refractivity contribution in [2.75, 3.05) is 0 Å². The first-order valence-corrected chi connectivity index (χ1v) is 8.99. The lowest BCUT2D eigenvalue weighted by atomic mass is 9.90. The maximum Gasteiger partial charge on any atom is 0.258 e. The minimum absolute atomic E-state index is 0.531. The molecule has 1 atom stereocenters. The third-order valence-electron chi connectivity index (χ3n) is 3.82. The molecule has 112 valence electrons. The van der Waals surface area contributed by atoms with Crippen molar-refractivity contribution < 1.29 is 4.42 Å². The number of hydrogen-bond acceptors (Lipinski definition) is 6. The van der Waals surface area contributed by atoms with Crippen molar-refractivity contribution in [2.45, 2.75) is 26.2 Å². The molecule has 0 aliphatic heterocycles. The summed E-state index contributed by atoms with van der Waals surface area (Å²) in [5.41, 5.74) is 3.26. The largest absolute Gasteiger partial charge is 0.416 e. The second-order valence-electron chi connectivity index (χ2n) is 5.59. The molecule has 0 fully saturated rings. The van der Waals surface area contributed by atoms with Crippen LogP contribution in [0, 0.1) is 5.92 Å². The molecule has 4 rings (SSSR count). The van der Waals surface area contributed by atoms with Gasteiger partial charge in [0.15, 0.2) is 0 Å². The summed E-state index contributed by atoms with van der Waals surface area (Å²) in [7, 11) is 0. The lowest BCUT2D eigenvalue weighted by molar-refractivity contribution is 0.506. The second-order valence-corrected chi connectivity index (χ2v) is 7.64. The lowest BCUT2D eigenvalue weighted by Gasteiger charge is -2.16. The number of rotatable bonds is 3. The van der Waals surface area contributed by atoms with Gasteiger partial charge in [0.2, 0.25) is 5.89 Å². The van der Waals surface area contributed by atoms with E-state index >= 15 is 0 Å². The fourth-order valence-electron chi connectivity index (χ4n) is 2.67. The third-order valence-corrected chi connectivity index (χ3v) is 5.79. The molecule has 22 heavy (non-hydrogen) atoms. The van der Waals surface area contributed by atoms with E-state index in [9.17, 15) is 0 Å². The number of aryl methyl sites for hydroxylation is 1. The molecule has 0 aromatic carbocycles. The van der Waals surface area contributed by atoms with Crippen LogP contribution in [0.25, 0.3) is 22.9 Å². The molecule has 1 aliphatic carbocycles. The van der Waals surface area contributed by atoms with Crippen LogP contribution in [0.5, 0.6) is 0 Å². The standard InChI is InChI=1S/C16H15N3OS2/c1-10-2-4-13-11(6-10)7-14(22-13)16-19-18-15(20-16)5-3-12-8-17-9-21-12/h3,5,7-10H,2,4,6H2,1H3/b5-3+. The molecule has 0 saturated carbocycles. The second kappa shape index (κ2) is 5.78. The minimum Gasteiger partial charge on any atom is -0.416 e. The normalized spacial score (nSPS) is 18.0. The molecule has 3 heterocycles. The van der Waals surface area contributed by atoms with Crippen molar-refractivity contribution in [3.05, 3.63) is 39.0 Å². The van der Waals surface area contributed by atoms with Gasteiger partial charge < -0.3 is 4.42 Å². The SMILES string of the molecule is CC1CCc2sc(-c3nnc(/C=C/c4cncs4)o3)cc2C1. The Hall–Kier alpha value is -1.79. The van der Waals surface area contributed by atoms with Gasteiger partial charge in [0.25, 0.3) is 5.89 Å². The van der Waals surface area contributed by atoms with Gasteiger partial charge in [-0.05, 0) is 42.9 Å². The van der Waals surface area contributed by atoms with Gasteiger partial charge in [-0.3, -0.25) is 4.98 Å². The van der Waals surface area contributed by atoms with Gasteiger partial charge in [-0.1, -0.05) is 6.92 Å². The number of nitrogens with zero attached hydrogens (tertiary/aromatic N) is 3. The molecule has 3 aromatic rings. The smallest absolute Gasteiger partial charge is 0.258 e. The van der Waals surface area contributed by atoms with Crippen molar-refractivity contribution in [3.63, 3.8) is 0 Å². The Morgan fingerprint density at radius 1 is 1.32 bits per heavy atom. The molecule has 6 heteroatoms. The zero-order valence-corrected chi connectivity index (χ0v) is 13.8.